The molecule has 1 saturated heterocycles. The molecule has 0 amide bonds. The van der Waals surface area contributed by atoms with E-state index < -0.39 is 37.3 Å². The minimum atomic E-state index is -1.43. The van der Waals surface area contributed by atoms with Gasteiger partial charge in [0.2, 0.25) is 0 Å². The van der Waals surface area contributed by atoms with Gasteiger partial charge in [-0.15, -0.1) is 0 Å². The van der Waals surface area contributed by atoms with Crippen LogP contribution in [-0.4, -0.2) is 69.5 Å². The number of unbranched alkanes of at least 4 members (excludes halogenated alkanes) is 4. The normalized spacial score (nSPS) is 31.8. The van der Waals surface area contributed by atoms with E-state index in [1.165, 1.54) is 12.8 Å². The first kappa shape index (κ1) is 19.5. The third-order valence-electron chi connectivity index (χ3n) is 3.63. The maximum absolute atomic E-state index is 9.84. The summed E-state index contributed by atoms with van der Waals surface area (Å²) in [6.45, 7) is 2.14. The number of hydrogen-bond donors (Lipinski definition) is 5. The lowest BCUT2D eigenvalue weighted by Crippen LogP contribution is -2.63. The molecule has 1 fully saturated rings. The largest absolute Gasteiger partial charge is 0.471 e. The van der Waals surface area contributed by atoms with E-state index in [-0.39, 0.29) is 5.17 Å². The molecule has 130 valence electrons. The zero-order valence-electron chi connectivity index (χ0n) is 12.9. The summed E-state index contributed by atoms with van der Waals surface area (Å²) in [5.41, 5.74) is 0. The summed E-state index contributed by atoms with van der Waals surface area (Å²) in [5, 5.41) is 41.0. The predicted molar refractivity (Wildman–Crippen MR) is 84.2 cm³/mol. The van der Waals surface area contributed by atoms with E-state index in [0.717, 1.165) is 19.3 Å². The number of aliphatic hydroxyl groups excluding tert-OH is 4. The molecule has 0 aromatic heterocycles. The summed E-state index contributed by atoms with van der Waals surface area (Å²) >= 11 is 5.00. The van der Waals surface area contributed by atoms with Gasteiger partial charge in [0.1, 0.15) is 24.4 Å². The molecule has 5 atom stereocenters. The number of rotatable bonds is 8. The highest BCUT2D eigenvalue weighted by atomic mass is 32.1. The molecule has 1 aliphatic heterocycles. The Labute approximate surface area is 136 Å². The first-order valence-electron chi connectivity index (χ1n) is 7.75. The molecule has 0 aromatic carbocycles. The quantitative estimate of drug-likeness (QED) is 0.302. The maximum atomic E-state index is 9.84. The van der Waals surface area contributed by atoms with Crippen molar-refractivity contribution in [3.8, 4) is 0 Å². The van der Waals surface area contributed by atoms with Gasteiger partial charge in [0.25, 0.3) is 5.17 Å². The van der Waals surface area contributed by atoms with Crippen LogP contribution in [0.15, 0.2) is 0 Å². The van der Waals surface area contributed by atoms with E-state index in [4.69, 9.17) is 26.8 Å². The van der Waals surface area contributed by atoms with Crippen LogP contribution in [0.1, 0.15) is 39.0 Å². The molecule has 1 heterocycles. The third kappa shape index (κ3) is 5.94. The lowest BCUT2D eigenvalue weighted by molar-refractivity contribution is -0.233. The van der Waals surface area contributed by atoms with E-state index in [2.05, 4.69) is 12.2 Å². The molecule has 0 unspecified atom stereocenters. The Kier molecular flexibility index (Phi) is 9.15. The number of nitrogens with one attached hydrogen (secondary N) is 1. The Bertz CT molecular complexity index is 330. The molecule has 0 bridgehead atoms. The zero-order chi connectivity index (χ0) is 16.5. The second-order valence-corrected chi connectivity index (χ2v) is 5.81. The summed E-state index contributed by atoms with van der Waals surface area (Å²) in [5.74, 6) is 0. The molecule has 0 saturated carbocycles. The van der Waals surface area contributed by atoms with Gasteiger partial charge in [0.15, 0.2) is 6.23 Å². The molecular weight excluding hydrogens is 310 g/mol. The van der Waals surface area contributed by atoms with Crippen molar-refractivity contribution < 1.29 is 29.9 Å². The smallest absolute Gasteiger partial charge is 0.258 e. The Morgan fingerprint density at radius 3 is 2.41 bits per heavy atom. The molecule has 5 N–H and O–H groups in total. The van der Waals surface area contributed by atoms with Crippen LogP contribution in [-0.2, 0) is 9.47 Å². The SMILES string of the molecule is CCCCCCCOC(=S)N[C@H]1O[C@H](CO)[C@@H](O)[C@H](O)[C@@H]1O. The molecule has 1 aliphatic rings. The first-order chi connectivity index (χ1) is 10.5. The van der Waals surface area contributed by atoms with E-state index in [9.17, 15) is 15.3 Å². The Morgan fingerprint density at radius 2 is 1.77 bits per heavy atom. The summed E-state index contributed by atoms with van der Waals surface area (Å²) < 4.78 is 10.6. The van der Waals surface area contributed by atoms with Gasteiger partial charge < -0.3 is 35.2 Å². The van der Waals surface area contributed by atoms with Crippen LogP contribution in [0.4, 0.5) is 0 Å². The lowest BCUT2D eigenvalue weighted by atomic mass is 9.98. The van der Waals surface area contributed by atoms with Crippen molar-refractivity contribution in [3.05, 3.63) is 0 Å². The van der Waals surface area contributed by atoms with Gasteiger partial charge in [0.05, 0.1) is 13.2 Å². The Balaban J connectivity index is 2.30. The molecule has 0 aromatic rings. The fraction of sp³-hybridized carbons (Fsp3) is 0.929. The maximum Gasteiger partial charge on any atom is 0.258 e. The van der Waals surface area contributed by atoms with E-state index in [1.807, 2.05) is 0 Å². The molecule has 0 aliphatic carbocycles. The van der Waals surface area contributed by atoms with Gasteiger partial charge in [-0.25, -0.2) is 0 Å². The van der Waals surface area contributed by atoms with Gasteiger partial charge in [0, 0.05) is 0 Å². The standard InChI is InChI=1S/C14H27NO6S/c1-2-3-4-5-6-7-20-14(22)15-13-12(19)11(18)10(17)9(8-16)21-13/h9-13,16-19H,2-8H2,1H3,(H,15,22)/t9-,10-,11+,12+,13+/m1/s1. The van der Waals surface area contributed by atoms with Crippen molar-refractivity contribution in [2.45, 2.75) is 69.7 Å². The van der Waals surface area contributed by atoms with Crippen LogP contribution in [0.2, 0.25) is 0 Å². The Hall–Kier alpha value is -0.510. The highest BCUT2D eigenvalue weighted by Gasteiger charge is 2.43. The van der Waals surface area contributed by atoms with Crippen LogP contribution in [0.5, 0.6) is 0 Å². The summed E-state index contributed by atoms with van der Waals surface area (Å²) in [6.07, 6.45) is -0.697. The molecule has 0 radical (unpaired) electrons. The van der Waals surface area contributed by atoms with Crippen molar-refractivity contribution in [1.29, 1.82) is 0 Å². The minimum absolute atomic E-state index is 0.0554. The number of ether oxygens (including phenoxy) is 2. The minimum Gasteiger partial charge on any atom is -0.471 e. The van der Waals surface area contributed by atoms with Crippen molar-refractivity contribution in [2.75, 3.05) is 13.2 Å². The second kappa shape index (κ2) is 10.3. The average Bonchev–Trinajstić information content (AvgIpc) is 2.51. The summed E-state index contributed by atoms with van der Waals surface area (Å²) in [6, 6.07) is 0. The van der Waals surface area contributed by atoms with E-state index in [1.54, 1.807) is 0 Å². The first-order valence-corrected chi connectivity index (χ1v) is 8.15. The lowest BCUT2D eigenvalue weighted by Gasteiger charge is -2.40. The zero-order valence-corrected chi connectivity index (χ0v) is 13.7. The van der Waals surface area contributed by atoms with Crippen LogP contribution < -0.4 is 5.32 Å². The predicted octanol–water partition coefficient (Wildman–Crippen LogP) is -0.352. The topological polar surface area (TPSA) is 111 Å². The fourth-order valence-electron chi connectivity index (χ4n) is 2.25. The van der Waals surface area contributed by atoms with Gasteiger partial charge in [-0.2, -0.15) is 0 Å². The number of hydrogen-bond acceptors (Lipinski definition) is 7. The van der Waals surface area contributed by atoms with Crippen LogP contribution in [0, 0.1) is 0 Å². The highest BCUT2D eigenvalue weighted by molar-refractivity contribution is 7.80. The van der Waals surface area contributed by atoms with Crippen LogP contribution in [0.3, 0.4) is 0 Å². The van der Waals surface area contributed by atoms with E-state index >= 15 is 0 Å². The van der Waals surface area contributed by atoms with Gasteiger partial charge in [-0.05, 0) is 18.6 Å². The van der Waals surface area contributed by atoms with Crippen molar-refractivity contribution >= 4 is 17.4 Å². The summed E-state index contributed by atoms with van der Waals surface area (Å²) in [4.78, 5) is 0. The van der Waals surface area contributed by atoms with E-state index in [0.29, 0.717) is 6.61 Å². The Morgan fingerprint density at radius 1 is 1.09 bits per heavy atom. The van der Waals surface area contributed by atoms with Crippen molar-refractivity contribution in [1.82, 2.24) is 5.32 Å². The van der Waals surface area contributed by atoms with Crippen LogP contribution in [0.25, 0.3) is 0 Å². The third-order valence-corrected chi connectivity index (χ3v) is 3.87. The monoisotopic (exact) mass is 337 g/mol. The van der Waals surface area contributed by atoms with Gasteiger partial charge >= 0.3 is 0 Å². The molecular formula is C14H27NO6S. The molecule has 0 spiro atoms. The highest BCUT2D eigenvalue weighted by Crippen LogP contribution is 2.19. The second-order valence-electron chi connectivity index (χ2n) is 5.44. The fourth-order valence-corrected chi connectivity index (χ4v) is 2.45. The number of aliphatic hydroxyl groups is 4. The molecule has 8 heteroatoms. The van der Waals surface area contributed by atoms with Gasteiger partial charge in [-0.3, -0.25) is 0 Å². The summed E-state index contributed by atoms with van der Waals surface area (Å²) in [7, 11) is 0. The molecule has 7 nitrogen and oxygen atoms in total. The average molecular weight is 337 g/mol. The molecule has 22 heavy (non-hydrogen) atoms. The van der Waals surface area contributed by atoms with Crippen LogP contribution >= 0.6 is 12.2 Å². The van der Waals surface area contributed by atoms with Gasteiger partial charge in [-0.1, -0.05) is 32.6 Å². The van der Waals surface area contributed by atoms with Crippen molar-refractivity contribution in [2.24, 2.45) is 0 Å². The number of thiocarbonyl (C=S) groups is 1. The molecule has 1 rings (SSSR count). The van der Waals surface area contributed by atoms with Crippen molar-refractivity contribution in [3.63, 3.8) is 0 Å².